The number of aromatic nitrogens is 2. The van der Waals surface area contributed by atoms with Crippen LogP contribution in [0.5, 0.6) is 0 Å². The Labute approximate surface area is 161 Å². The topological polar surface area (TPSA) is 71.3 Å². The highest BCUT2D eigenvalue weighted by atomic mass is 35.5. The van der Waals surface area contributed by atoms with Gasteiger partial charge in [-0.2, -0.15) is 0 Å². The van der Waals surface area contributed by atoms with Crippen LogP contribution in [0.3, 0.4) is 0 Å². The van der Waals surface area contributed by atoms with Crippen LogP contribution >= 0.6 is 11.6 Å². The number of halogens is 1. The normalized spacial score (nSPS) is 14.8. The molecule has 0 aliphatic carbocycles. The van der Waals surface area contributed by atoms with Crippen LogP contribution in [-0.4, -0.2) is 35.4 Å². The van der Waals surface area contributed by atoms with E-state index in [1.807, 2.05) is 48.7 Å². The van der Waals surface area contributed by atoms with Gasteiger partial charge in [-0.25, -0.2) is 9.78 Å². The van der Waals surface area contributed by atoms with Gasteiger partial charge in [0.1, 0.15) is 0 Å². The van der Waals surface area contributed by atoms with Gasteiger partial charge in [-0.05, 0) is 35.4 Å². The number of hydrogen-bond donors (Lipinski definition) is 2. The second-order valence-corrected chi connectivity index (χ2v) is 6.71. The largest absolute Gasteiger partial charge is 0.335 e. The van der Waals surface area contributed by atoms with E-state index in [1.54, 1.807) is 19.6 Å². The van der Waals surface area contributed by atoms with Crippen LogP contribution < -0.4 is 10.6 Å². The Morgan fingerprint density at radius 3 is 2.89 bits per heavy atom. The molecule has 3 aromatic rings. The third kappa shape index (κ3) is 3.44. The molecule has 1 aliphatic heterocycles. The van der Waals surface area contributed by atoms with E-state index >= 15 is 0 Å². The number of carbonyl (C=O) groups excluding carboxylic acids is 1. The van der Waals surface area contributed by atoms with Gasteiger partial charge < -0.3 is 15.2 Å². The lowest BCUT2D eigenvalue weighted by Gasteiger charge is -2.16. The average Bonchev–Trinajstić information content (AvgIpc) is 3.23. The van der Waals surface area contributed by atoms with Crippen LogP contribution in [0.15, 0.2) is 60.0 Å². The molecule has 1 atom stereocenters. The first kappa shape index (κ1) is 17.3. The van der Waals surface area contributed by atoms with Crippen molar-refractivity contribution in [3.05, 3.63) is 71.1 Å². The van der Waals surface area contributed by atoms with Gasteiger partial charge in [0.25, 0.3) is 0 Å². The first-order valence-corrected chi connectivity index (χ1v) is 8.92. The van der Waals surface area contributed by atoms with E-state index in [2.05, 4.69) is 25.2 Å². The fourth-order valence-corrected chi connectivity index (χ4v) is 3.51. The fraction of sp³-hybridized carbons (Fsp3) is 0.150. The quantitative estimate of drug-likeness (QED) is 0.673. The molecule has 1 aromatic heterocycles. The highest BCUT2D eigenvalue weighted by Gasteiger charge is 2.28. The monoisotopic (exact) mass is 379 g/mol. The number of urea groups is 1. The van der Waals surface area contributed by atoms with Gasteiger partial charge in [0.15, 0.2) is 0 Å². The molecule has 27 heavy (non-hydrogen) atoms. The number of carbonyl (C=O) groups is 1. The highest BCUT2D eigenvalue weighted by Crippen LogP contribution is 2.40. The van der Waals surface area contributed by atoms with Crippen molar-refractivity contribution in [2.24, 2.45) is 4.99 Å². The maximum absolute atomic E-state index is 12.3. The number of fused-ring (bicyclic) bond motifs is 3. The van der Waals surface area contributed by atoms with Crippen LogP contribution in [0.25, 0.3) is 11.3 Å². The molecule has 136 valence electrons. The first-order chi connectivity index (χ1) is 13.2. The number of imidazole rings is 1. The lowest BCUT2D eigenvalue weighted by atomic mass is 10.0. The Kier molecular flexibility index (Phi) is 4.64. The van der Waals surface area contributed by atoms with E-state index in [1.165, 1.54) is 0 Å². The molecule has 0 bridgehead atoms. The maximum Gasteiger partial charge on any atom is 0.319 e. The number of anilines is 1. The molecule has 1 aliphatic rings. The van der Waals surface area contributed by atoms with E-state index in [9.17, 15) is 4.79 Å². The van der Waals surface area contributed by atoms with Crippen molar-refractivity contribution in [3.8, 4) is 11.3 Å². The summed E-state index contributed by atoms with van der Waals surface area (Å²) in [5.41, 5.74) is 4.91. The standard InChI is InChI=1S/C20H18ClN5O/c1-22-9-13-2-5-15(6-3-13)25-20(27)24-11-19-17-8-14(21)4-7-16(17)18-10-23-12-26(18)19/h2-10,12,19H,11H2,1H3,(H2,24,25,27). The van der Waals surface area contributed by atoms with Crippen molar-refractivity contribution in [1.82, 2.24) is 14.9 Å². The minimum Gasteiger partial charge on any atom is -0.335 e. The van der Waals surface area contributed by atoms with E-state index in [-0.39, 0.29) is 12.1 Å². The van der Waals surface area contributed by atoms with Crippen molar-refractivity contribution < 1.29 is 4.79 Å². The van der Waals surface area contributed by atoms with E-state index in [0.29, 0.717) is 11.6 Å². The SMILES string of the molecule is CN=Cc1ccc(NC(=O)NCC2c3cc(Cl)ccc3-c3cncn32)cc1. The molecule has 2 N–H and O–H groups in total. The lowest BCUT2D eigenvalue weighted by Crippen LogP contribution is -2.33. The summed E-state index contributed by atoms with van der Waals surface area (Å²) in [5.74, 6) is 0. The van der Waals surface area contributed by atoms with Crippen LogP contribution in [0, 0.1) is 0 Å². The Bertz CT molecular complexity index is 1010. The molecule has 0 saturated carbocycles. The lowest BCUT2D eigenvalue weighted by molar-refractivity contribution is 0.251. The van der Waals surface area contributed by atoms with Gasteiger partial charge in [-0.3, -0.25) is 4.99 Å². The highest BCUT2D eigenvalue weighted by molar-refractivity contribution is 6.30. The van der Waals surface area contributed by atoms with Crippen molar-refractivity contribution >= 4 is 29.5 Å². The van der Waals surface area contributed by atoms with E-state index < -0.39 is 0 Å². The van der Waals surface area contributed by atoms with Gasteiger partial charge in [0.2, 0.25) is 0 Å². The number of rotatable bonds is 4. The molecule has 7 heteroatoms. The number of amides is 2. The zero-order valence-electron chi connectivity index (χ0n) is 14.7. The van der Waals surface area contributed by atoms with Crippen LogP contribution in [0.4, 0.5) is 10.5 Å². The van der Waals surface area contributed by atoms with Gasteiger partial charge in [-0.15, -0.1) is 0 Å². The van der Waals surface area contributed by atoms with E-state index in [0.717, 1.165) is 28.1 Å². The molecule has 4 rings (SSSR count). The summed E-state index contributed by atoms with van der Waals surface area (Å²) in [5, 5.41) is 6.46. The Morgan fingerprint density at radius 2 is 2.11 bits per heavy atom. The molecule has 0 fully saturated rings. The molecule has 2 heterocycles. The molecule has 0 saturated heterocycles. The smallest absolute Gasteiger partial charge is 0.319 e. The van der Waals surface area contributed by atoms with Crippen molar-refractivity contribution in [3.63, 3.8) is 0 Å². The summed E-state index contributed by atoms with van der Waals surface area (Å²) in [6, 6.07) is 13.0. The van der Waals surface area contributed by atoms with Gasteiger partial charge >= 0.3 is 6.03 Å². The Hall–Kier alpha value is -3.12. The Balaban J connectivity index is 1.44. The minimum absolute atomic E-state index is 0.0370. The molecule has 0 radical (unpaired) electrons. The third-order valence-electron chi connectivity index (χ3n) is 4.55. The van der Waals surface area contributed by atoms with Gasteiger partial charge in [-0.1, -0.05) is 29.8 Å². The van der Waals surface area contributed by atoms with Crippen LogP contribution in [-0.2, 0) is 0 Å². The first-order valence-electron chi connectivity index (χ1n) is 8.54. The summed E-state index contributed by atoms with van der Waals surface area (Å²) in [6.07, 6.45) is 5.37. The number of hydrogen-bond acceptors (Lipinski definition) is 3. The number of aliphatic imine (C=N–C) groups is 1. The van der Waals surface area contributed by atoms with Crippen LogP contribution in [0.1, 0.15) is 17.2 Å². The molecule has 1 unspecified atom stereocenters. The molecule has 2 aromatic carbocycles. The summed E-state index contributed by atoms with van der Waals surface area (Å²) in [7, 11) is 1.72. The second kappa shape index (κ2) is 7.25. The molecule has 6 nitrogen and oxygen atoms in total. The predicted octanol–water partition coefficient (Wildman–Crippen LogP) is 3.98. The average molecular weight is 380 g/mol. The third-order valence-corrected chi connectivity index (χ3v) is 4.79. The summed E-state index contributed by atoms with van der Waals surface area (Å²) in [4.78, 5) is 20.5. The molecule has 2 amide bonds. The van der Waals surface area contributed by atoms with Crippen LogP contribution in [0.2, 0.25) is 5.02 Å². The minimum atomic E-state index is -0.260. The summed E-state index contributed by atoms with van der Waals surface area (Å²) < 4.78 is 2.06. The number of nitrogens with one attached hydrogen (secondary N) is 2. The van der Waals surface area contributed by atoms with Crippen molar-refractivity contribution in [2.45, 2.75) is 6.04 Å². The fourth-order valence-electron chi connectivity index (χ4n) is 3.33. The summed E-state index contributed by atoms with van der Waals surface area (Å²) >= 11 is 6.17. The van der Waals surface area contributed by atoms with Crippen molar-refractivity contribution in [1.29, 1.82) is 0 Å². The maximum atomic E-state index is 12.3. The molecular formula is C20H18ClN5O. The number of benzene rings is 2. The zero-order chi connectivity index (χ0) is 18.8. The zero-order valence-corrected chi connectivity index (χ0v) is 15.4. The van der Waals surface area contributed by atoms with Gasteiger partial charge in [0, 0.05) is 36.1 Å². The molecule has 0 spiro atoms. The summed E-state index contributed by atoms with van der Waals surface area (Å²) in [6.45, 7) is 0.434. The predicted molar refractivity (Wildman–Crippen MR) is 108 cm³/mol. The Morgan fingerprint density at radius 1 is 1.30 bits per heavy atom. The van der Waals surface area contributed by atoms with Gasteiger partial charge in [0.05, 0.1) is 24.3 Å². The second-order valence-electron chi connectivity index (χ2n) is 6.28. The number of nitrogens with zero attached hydrogens (tertiary/aromatic N) is 3. The molecular weight excluding hydrogens is 362 g/mol. The van der Waals surface area contributed by atoms with Crippen molar-refractivity contribution in [2.75, 3.05) is 18.9 Å². The van der Waals surface area contributed by atoms with E-state index in [4.69, 9.17) is 11.6 Å².